The summed E-state index contributed by atoms with van der Waals surface area (Å²) in [7, 11) is 0. The number of para-hydroxylation sites is 1. The van der Waals surface area contributed by atoms with Gasteiger partial charge in [-0.05, 0) is 35.0 Å². The number of benzene rings is 3. The maximum atomic E-state index is 12.8. The van der Waals surface area contributed by atoms with E-state index in [1.807, 2.05) is 54.6 Å². The zero-order valence-electron chi connectivity index (χ0n) is 12.7. The molecule has 1 aliphatic heterocycles. The van der Waals surface area contributed by atoms with E-state index in [2.05, 4.69) is 10.4 Å². The molecule has 0 atom stereocenters. The van der Waals surface area contributed by atoms with Gasteiger partial charge in [0.25, 0.3) is 5.56 Å². The predicted octanol–water partition coefficient (Wildman–Crippen LogP) is 3.32. The first-order valence-electron chi connectivity index (χ1n) is 7.73. The van der Waals surface area contributed by atoms with Crippen LogP contribution in [0, 0.1) is 0 Å². The number of rotatable bonds is 0. The fraction of sp³-hybridized carbons (Fsp3) is 0.0526. The van der Waals surface area contributed by atoms with Gasteiger partial charge in [0.2, 0.25) is 0 Å². The lowest BCUT2D eigenvalue weighted by Crippen LogP contribution is -2.30. The van der Waals surface area contributed by atoms with Crippen molar-refractivity contribution in [2.24, 2.45) is 0 Å². The molecule has 4 aromatic rings. The summed E-state index contributed by atoms with van der Waals surface area (Å²) in [5.41, 5.74) is 4.48. The van der Waals surface area contributed by atoms with Gasteiger partial charge < -0.3 is 4.74 Å². The minimum atomic E-state index is -0.125. The molecule has 0 saturated carbocycles. The Kier molecular flexibility index (Phi) is 2.64. The van der Waals surface area contributed by atoms with Gasteiger partial charge in [-0.15, -0.1) is 0 Å². The lowest BCUT2D eigenvalue weighted by Gasteiger charge is -2.12. The third-order valence-electron chi connectivity index (χ3n) is 4.28. The van der Waals surface area contributed by atoms with Crippen LogP contribution in [-0.4, -0.2) is 9.66 Å². The van der Waals surface area contributed by atoms with Crippen LogP contribution in [0.15, 0.2) is 65.5 Å². The lowest BCUT2D eigenvalue weighted by molar-refractivity contribution is 0.299. The molecule has 5 heteroatoms. The van der Waals surface area contributed by atoms with Gasteiger partial charge in [-0.25, -0.2) is 9.66 Å². The van der Waals surface area contributed by atoms with Crippen LogP contribution in [0.1, 0.15) is 5.82 Å². The summed E-state index contributed by atoms with van der Waals surface area (Å²) in [5, 5.41) is 2.75. The summed E-state index contributed by atoms with van der Waals surface area (Å²) in [6.07, 6.45) is 0. The van der Waals surface area contributed by atoms with Gasteiger partial charge in [0.1, 0.15) is 12.4 Å². The van der Waals surface area contributed by atoms with Crippen LogP contribution in [0.3, 0.4) is 0 Å². The van der Waals surface area contributed by atoms with Crippen molar-refractivity contribution >= 4 is 27.4 Å². The monoisotopic (exact) mass is 315 g/mol. The standard InChI is InChI=1S/C19H13N3O2/c23-19-14-7-3-4-8-15(14)20-18-11-24-17-10-13-6-2-1-5-12(13)9-16(17)21-22(18)19/h1-10,21H,11H2. The summed E-state index contributed by atoms with van der Waals surface area (Å²) in [6.45, 7) is 0.235. The molecule has 0 aliphatic carbocycles. The Bertz CT molecular complexity index is 1160. The molecule has 3 aromatic carbocycles. The third-order valence-corrected chi connectivity index (χ3v) is 4.28. The molecule has 0 saturated heterocycles. The molecule has 5 nitrogen and oxygen atoms in total. The normalized spacial score (nSPS) is 12.8. The largest absolute Gasteiger partial charge is 0.483 e. The fourth-order valence-corrected chi connectivity index (χ4v) is 3.08. The van der Waals surface area contributed by atoms with Crippen molar-refractivity contribution in [3.8, 4) is 5.75 Å². The van der Waals surface area contributed by atoms with Gasteiger partial charge >= 0.3 is 0 Å². The zero-order chi connectivity index (χ0) is 16.1. The number of hydrogen-bond donors (Lipinski definition) is 1. The van der Waals surface area contributed by atoms with E-state index in [9.17, 15) is 4.79 Å². The molecule has 1 aromatic heterocycles. The van der Waals surface area contributed by atoms with Gasteiger partial charge in [-0.1, -0.05) is 36.4 Å². The van der Waals surface area contributed by atoms with E-state index in [0.717, 1.165) is 16.5 Å². The fourth-order valence-electron chi connectivity index (χ4n) is 3.08. The number of anilines is 1. The average molecular weight is 315 g/mol. The average Bonchev–Trinajstić information content (AvgIpc) is 2.79. The number of ether oxygens (including phenoxy) is 1. The number of hydrogen-bond acceptors (Lipinski definition) is 4. The molecule has 24 heavy (non-hydrogen) atoms. The van der Waals surface area contributed by atoms with E-state index >= 15 is 0 Å². The molecule has 1 N–H and O–H groups in total. The molecule has 5 rings (SSSR count). The Morgan fingerprint density at radius 2 is 1.75 bits per heavy atom. The molecule has 116 valence electrons. The quantitative estimate of drug-likeness (QED) is 0.541. The highest BCUT2D eigenvalue weighted by Gasteiger charge is 2.18. The minimum absolute atomic E-state index is 0.125. The summed E-state index contributed by atoms with van der Waals surface area (Å²) in [4.78, 5) is 17.4. The van der Waals surface area contributed by atoms with Crippen molar-refractivity contribution in [2.75, 3.05) is 5.43 Å². The maximum absolute atomic E-state index is 12.8. The lowest BCUT2D eigenvalue weighted by atomic mass is 10.1. The number of fused-ring (bicyclic) bond motifs is 4. The van der Waals surface area contributed by atoms with Crippen molar-refractivity contribution in [1.29, 1.82) is 0 Å². The molecule has 2 heterocycles. The minimum Gasteiger partial charge on any atom is -0.483 e. The summed E-state index contributed by atoms with van der Waals surface area (Å²) < 4.78 is 7.38. The highest BCUT2D eigenvalue weighted by atomic mass is 16.5. The van der Waals surface area contributed by atoms with Crippen molar-refractivity contribution < 1.29 is 4.74 Å². The van der Waals surface area contributed by atoms with Crippen LogP contribution < -0.4 is 15.7 Å². The highest BCUT2D eigenvalue weighted by Crippen LogP contribution is 2.32. The van der Waals surface area contributed by atoms with Crippen LogP contribution in [0.5, 0.6) is 5.75 Å². The topological polar surface area (TPSA) is 56.2 Å². The van der Waals surface area contributed by atoms with E-state index in [-0.39, 0.29) is 12.2 Å². The van der Waals surface area contributed by atoms with Crippen LogP contribution in [0.25, 0.3) is 21.7 Å². The molecule has 0 spiro atoms. The van der Waals surface area contributed by atoms with Gasteiger partial charge in [0.05, 0.1) is 16.6 Å². The Balaban J connectivity index is 1.75. The number of nitrogens with zero attached hydrogens (tertiary/aromatic N) is 2. The summed E-state index contributed by atoms with van der Waals surface area (Å²) in [6, 6.07) is 19.4. The van der Waals surface area contributed by atoms with Gasteiger partial charge in [0.15, 0.2) is 5.82 Å². The van der Waals surface area contributed by atoms with E-state index in [1.54, 1.807) is 6.07 Å². The first-order valence-corrected chi connectivity index (χ1v) is 7.73. The zero-order valence-corrected chi connectivity index (χ0v) is 12.7. The Morgan fingerprint density at radius 1 is 1.00 bits per heavy atom. The second-order valence-corrected chi connectivity index (χ2v) is 5.78. The highest BCUT2D eigenvalue weighted by molar-refractivity contribution is 5.89. The number of nitrogens with one attached hydrogen (secondary N) is 1. The summed E-state index contributed by atoms with van der Waals surface area (Å²) in [5.74, 6) is 1.27. The van der Waals surface area contributed by atoms with E-state index < -0.39 is 0 Å². The van der Waals surface area contributed by atoms with Gasteiger partial charge in [0, 0.05) is 0 Å². The van der Waals surface area contributed by atoms with Crippen molar-refractivity contribution in [1.82, 2.24) is 9.66 Å². The van der Waals surface area contributed by atoms with E-state index in [1.165, 1.54) is 4.68 Å². The number of aromatic nitrogens is 2. The molecule has 0 unspecified atom stereocenters. The van der Waals surface area contributed by atoms with E-state index in [0.29, 0.717) is 22.5 Å². The molecule has 1 aliphatic rings. The molecule has 0 radical (unpaired) electrons. The maximum Gasteiger partial charge on any atom is 0.280 e. The van der Waals surface area contributed by atoms with E-state index in [4.69, 9.17) is 4.74 Å². The Labute approximate surface area is 137 Å². The molecule has 0 bridgehead atoms. The van der Waals surface area contributed by atoms with Crippen LogP contribution >= 0.6 is 0 Å². The molecular formula is C19H13N3O2. The smallest absolute Gasteiger partial charge is 0.280 e. The Morgan fingerprint density at radius 3 is 2.62 bits per heavy atom. The first kappa shape index (κ1) is 13.1. The first-order chi connectivity index (χ1) is 11.8. The second kappa shape index (κ2) is 4.83. The SMILES string of the molecule is O=c1c2ccccc2nc2n1Nc1cc3ccccc3cc1OC2. The Hall–Kier alpha value is -3.34. The molecule has 0 amide bonds. The van der Waals surface area contributed by atoms with Gasteiger partial charge in [-0.3, -0.25) is 10.2 Å². The van der Waals surface area contributed by atoms with Crippen molar-refractivity contribution in [3.63, 3.8) is 0 Å². The summed E-state index contributed by atoms with van der Waals surface area (Å²) >= 11 is 0. The van der Waals surface area contributed by atoms with Crippen LogP contribution in [-0.2, 0) is 6.61 Å². The third kappa shape index (κ3) is 1.88. The van der Waals surface area contributed by atoms with Crippen molar-refractivity contribution in [3.05, 3.63) is 76.8 Å². The van der Waals surface area contributed by atoms with Crippen molar-refractivity contribution in [2.45, 2.75) is 6.61 Å². The second-order valence-electron chi connectivity index (χ2n) is 5.78. The predicted molar refractivity (Wildman–Crippen MR) is 93.3 cm³/mol. The van der Waals surface area contributed by atoms with Crippen LogP contribution in [0.2, 0.25) is 0 Å². The van der Waals surface area contributed by atoms with Crippen LogP contribution in [0.4, 0.5) is 5.69 Å². The molecular weight excluding hydrogens is 302 g/mol. The van der Waals surface area contributed by atoms with Gasteiger partial charge in [-0.2, -0.15) is 0 Å². The molecule has 0 fully saturated rings.